The topological polar surface area (TPSA) is 29.9 Å². The van der Waals surface area contributed by atoms with Crippen LogP contribution < -0.4 is 5.32 Å². The lowest BCUT2D eigenvalue weighted by atomic mass is 10.2. The predicted octanol–water partition coefficient (Wildman–Crippen LogP) is 4.00. The first-order valence-corrected chi connectivity index (χ1v) is 8.25. The Balaban J connectivity index is 2.08. The molecule has 0 saturated carbocycles. The number of hydrogen-bond acceptors (Lipinski definition) is 3. The lowest BCUT2D eigenvalue weighted by molar-refractivity contribution is 0.527. The van der Waals surface area contributed by atoms with Crippen molar-refractivity contribution in [3.05, 3.63) is 47.2 Å². The first-order valence-electron chi connectivity index (χ1n) is 6.88. The van der Waals surface area contributed by atoms with Crippen molar-refractivity contribution in [2.24, 2.45) is 0 Å². The number of nitrogens with zero attached hydrogens (tertiary/aromatic N) is 2. The standard InChI is InChI=1S/C15H20ClN3S/c1-3-17-13(14-9-10-18-19(14)4-2)11-20-15-8-6-5-7-12(15)16/h5-10,13,17H,3-4,11H2,1-2H3. The van der Waals surface area contributed by atoms with Crippen LogP contribution >= 0.6 is 23.4 Å². The first-order chi connectivity index (χ1) is 9.76. The molecule has 0 aliphatic heterocycles. The SMILES string of the molecule is CCNC(CSc1ccccc1Cl)c1ccnn1CC. The molecule has 3 nitrogen and oxygen atoms in total. The Kier molecular flexibility index (Phi) is 5.95. The van der Waals surface area contributed by atoms with Crippen LogP contribution in [0.3, 0.4) is 0 Å². The average Bonchev–Trinajstić information content (AvgIpc) is 2.93. The van der Waals surface area contributed by atoms with E-state index in [4.69, 9.17) is 11.6 Å². The largest absolute Gasteiger partial charge is 0.308 e. The predicted molar refractivity (Wildman–Crippen MR) is 86.5 cm³/mol. The summed E-state index contributed by atoms with van der Waals surface area (Å²) in [6.45, 7) is 6.06. The highest BCUT2D eigenvalue weighted by Crippen LogP contribution is 2.30. The molecule has 1 aromatic carbocycles. The van der Waals surface area contributed by atoms with Crippen LogP contribution in [0, 0.1) is 0 Å². The zero-order valence-electron chi connectivity index (χ0n) is 11.8. The van der Waals surface area contributed by atoms with Gasteiger partial charge in [-0.05, 0) is 31.7 Å². The third kappa shape index (κ3) is 3.78. The molecule has 1 aromatic heterocycles. The molecular weight excluding hydrogens is 290 g/mol. The van der Waals surface area contributed by atoms with E-state index in [0.29, 0.717) is 0 Å². The normalized spacial score (nSPS) is 12.6. The maximum atomic E-state index is 6.21. The van der Waals surface area contributed by atoms with Gasteiger partial charge in [0.2, 0.25) is 0 Å². The van der Waals surface area contributed by atoms with Gasteiger partial charge in [-0.15, -0.1) is 11.8 Å². The van der Waals surface area contributed by atoms with Gasteiger partial charge < -0.3 is 5.32 Å². The van der Waals surface area contributed by atoms with Gasteiger partial charge in [-0.3, -0.25) is 4.68 Å². The number of aryl methyl sites for hydroxylation is 1. The molecule has 0 spiro atoms. The van der Waals surface area contributed by atoms with Gasteiger partial charge in [0, 0.05) is 23.4 Å². The third-order valence-electron chi connectivity index (χ3n) is 3.10. The second-order valence-corrected chi connectivity index (χ2v) is 5.89. The Hall–Kier alpha value is -0.970. The second kappa shape index (κ2) is 7.72. The fourth-order valence-electron chi connectivity index (χ4n) is 2.13. The van der Waals surface area contributed by atoms with Gasteiger partial charge in [-0.2, -0.15) is 5.10 Å². The van der Waals surface area contributed by atoms with Crippen molar-refractivity contribution in [1.82, 2.24) is 15.1 Å². The summed E-state index contributed by atoms with van der Waals surface area (Å²) in [5.41, 5.74) is 1.23. The number of thioether (sulfide) groups is 1. The summed E-state index contributed by atoms with van der Waals surface area (Å²) in [6.07, 6.45) is 1.86. The molecule has 1 heterocycles. The molecule has 2 rings (SSSR count). The Bertz CT molecular complexity index is 541. The quantitative estimate of drug-likeness (QED) is 0.784. The number of benzene rings is 1. The van der Waals surface area contributed by atoms with Gasteiger partial charge in [-0.25, -0.2) is 0 Å². The van der Waals surface area contributed by atoms with Crippen molar-refractivity contribution in [2.45, 2.75) is 31.3 Å². The van der Waals surface area contributed by atoms with Crippen molar-refractivity contribution < 1.29 is 0 Å². The van der Waals surface area contributed by atoms with Crippen LogP contribution in [0.4, 0.5) is 0 Å². The minimum absolute atomic E-state index is 0.281. The Morgan fingerprint density at radius 1 is 1.30 bits per heavy atom. The van der Waals surface area contributed by atoms with Crippen LogP contribution in [0.15, 0.2) is 41.4 Å². The number of nitrogens with one attached hydrogen (secondary N) is 1. The van der Waals surface area contributed by atoms with Gasteiger partial charge in [0.15, 0.2) is 0 Å². The van der Waals surface area contributed by atoms with Crippen molar-refractivity contribution in [1.29, 1.82) is 0 Å². The van der Waals surface area contributed by atoms with Gasteiger partial charge in [0.25, 0.3) is 0 Å². The van der Waals surface area contributed by atoms with E-state index in [2.05, 4.69) is 36.4 Å². The molecule has 0 amide bonds. The van der Waals surface area contributed by atoms with E-state index in [1.807, 2.05) is 29.1 Å². The zero-order valence-corrected chi connectivity index (χ0v) is 13.4. The Morgan fingerprint density at radius 3 is 2.80 bits per heavy atom. The Labute approximate surface area is 129 Å². The van der Waals surface area contributed by atoms with Crippen molar-refractivity contribution in [3.63, 3.8) is 0 Å². The van der Waals surface area contributed by atoms with E-state index < -0.39 is 0 Å². The van der Waals surface area contributed by atoms with E-state index >= 15 is 0 Å². The zero-order chi connectivity index (χ0) is 14.4. The molecule has 0 bridgehead atoms. The molecule has 0 saturated heterocycles. The summed E-state index contributed by atoms with van der Waals surface area (Å²) < 4.78 is 2.04. The summed E-state index contributed by atoms with van der Waals surface area (Å²) in [7, 11) is 0. The smallest absolute Gasteiger partial charge is 0.0587 e. The molecule has 1 N–H and O–H groups in total. The highest BCUT2D eigenvalue weighted by atomic mass is 35.5. The van der Waals surface area contributed by atoms with Crippen molar-refractivity contribution in [2.75, 3.05) is 12.3 Å². The molecule has 0 aliphatic rings. The van der Waals surface area contributed by atoms with Crippen LogP contribution in [0.2, 0.25) is 5.02 Å². The molecular formula is C15H20ClN3S. The number of aromatic nitrogens is 2. The minimum atomic E-state index is 0.281. The lowest BCUT2D eigenvalue weighted by Gasteiger charge is -2.19. The maximum Gasteiger partial charge on any atom is 0.0587 e. The van der Waals surface area contributed by atoms with Gasteiger partial charge in [0.1, 0.15) is 0 Å². The number of rotatable bonds is 7. The summed E-state index contributed by atoms with van der Waals surface area (Å²) in [5.74, 6) is 0.934. The van der Waals surface area contributed by atoms with Gasteiger partial charge >= 0.3 is 0 Å². The molecule has 5 heteroatoms. The molecule has 0 aliphatic carbocycles. The minimum Gasteiger partial charge on any atom is -0.308 e. The monoisotopic (exact) mass is 309 g/mol. The van der Waals surface area contributed by atoms with E-state index in [1.54, 1.807) is 11.8 Å². The molecule has 1 unspecified atom stereocenters. The summed E-state index contributed by atoms with van der Waals surface area (Å²) in [5, 5.41) is 8.69. The lowest BCUT2D eigenvalue weighted by Crippen LogP contribution is -2.25. The van der Waals surface area contributed by atoms with Crippen LogP contribution in [-0.2, 0) is 6.54 Å². The first kappa shape index (κ1) is 15.4. The molecule has 108 valence electrons. The fraction of sp³-hybridized carbons (Fsp3) is 0.400. The van der Waals surface area contributed by atoms with Crippen molar-refractivity contribution in [3.8, 4) is 0 Å². The molecule has 2 aromatic rings. The number of halogens is 1. The summed E-state index contributed by atoms with van der Waals surface area (Å²) in [6, 6.07) is 10.3. The van der Waals surface area contributed by atoms with Crippen LogP contribution in [-0.4, -0.2) is 22.1 Å². The summed E-state index contributed by atoms with van der Waals surface area (Å²) in [4.78, 5) is 1.12. The van der Waals surface area contributed by atoms with Gasteiger partial charge in [-0.1, -0.05) is 30.7 Å². The molecule has 20 heavy (non-hydrogen) atoms. The van der Waals surface area contributed by atoms with E-state index in [1.165, 1.54) is 5.69 Å². The van der Waals surface area contributed by atoms with E-state index in [-0.39, 0.29) is 6.04 Å². The molecule has 0 radical (unpaired) electrons. The molecule has 1 atom stereocenters. The maximum absolute atomic E-state index is 6.21. The molecule has 0 fully saturated rings. The van der Waals surface area contributed by atoms with E-state index in [0.717, 1.165) is 28.8 Å². The van der Waals surface area contributed by atoms with Crippen molar-refractivity contribution >= 4 is 23.4 Å². The fourth-order valence-corrected chi connectivity index (χ4v) is 3.45. The summed E-state index contributed by atoms with van der Waals surface area (Å²) >= 11 is 7.99. The van der Waals surface area contributed by atoms with Crippen LogP contribution in [0.1, 0.15) is 25.6 Å². The van der Waals surface area contributed by atoms with E-state index in [9.17, 15) is 0 Å². The van der Waals surface area contributed by atoms with Gasteiger partial charge in [0.05, 0.1) is 16.8 Å². The third-order valence-corrected chi connectivity index (χ3v) is 4.71. The Morgan fingerprint density at radius 2 is 2.10 bits per heavy atom. The second-order valence-electron chi connectivity index (χ2n) is 4.42. The highest BCUT2D eigenvalue weighted by Gasteiger charge is 2.15. The van der Waals surface area contributed by atoms with Crippen LogP contribution in [0.5, 0.6) is 0 Å². The average molecular weight is 310 g/mol. The number of hydrogen-bond donors (Lipinski definition) is 1. The van der Waals surface area contributed by atoms with Crippen LogP contribution in [0.25, 0.3) is 0 Å². The highest BCUT2D eigenvalue weighted by molar-refractivity contribution is 7.99.